The quantitative estimate of drug-likeness (QED) is 0.449. The van der Waals surface area contributed by atoms with Crippen molar-refractivity contribution in [1.82, 2.24) is 5.32 Å². The summed E-state index contributed by atoms with van der Waals surface area (Å²) in [6, 6.07) is 1.51. The van der Waals surface area contributed by atoms with Gasteiger partial charge in [-0.05, 0) is 18.9 Å². The third-order valence-corrected chi connectivity index (χ3v) is 3.01. The Balaban J connectivity index is 2.47. The van der Waals surface area contributed by atoms with E-state index in [0.717, 1.165) is 25.3 Å². The van der Waals surface area contributed by atoms with Gasteiger partial charge in [-0.1, -0.05) is 26.7 Å². The van der Waals surface area contributed by atoms with Crippen molar-refractivity contribution in [1.29, 1.82) is 0 Å². The van der Waals surface area contributed by atoms with Gasteiger partial charge in [0.25, 0.3) is 0 Å². The third kappa shape index (κ3) is 5.21. The second kappa shape index (κ2) is 7.89. The Morgan fingerprint density at radius 1 is 1.25 bits per heavy atom. The summed E-state index contributed by atoms with van der Waals surface area (Å²) < 4.78 is 26.6. The van der Waals surface area contributed by atoms with Crippen LogP contribution in [0.25, 0.3) is 0 Å². The van der Waals surface area contributed by atoms with Gasteiger partial charge in [-0.2, -0.15) is 4.39 Å². The van der Waals surface area contributed by atoms with Crippen molar-refractivity contribution in [3.8, 4) is 0 Å². The summed E-state index contributed by atoms with van der Waals surface area (Å²) in [6.07, 6.45) is 3.18. The fraction of sp³-hybridized carbons (Fsp3) is 0.571. The van der Waals surface area contributed by atoms with Crippen LogP contribution in [0.2, 0.25) is 0 Å². The van der Waals surface area contributed by atoms with Crippen molar-refractivity contribution < 1.29 is 13.7 Å². The highest BCUT2D eigenvalue weighted by molar-refractivity contribution is 5.37. The van der Waals surface area contributed by atoms with Crippen LogP contribution in [-0.2, 0) is 6.54 Å². The van der Waals surface area contributed by atoms with Gasteiger partial charge in [0.05, 0.1) is 4.92 Å². The molecule has 0 spiro atoms. The van der Waals surface area contributed by atoms with E-state index in [1.54, 1.807) is 0 Å². The summed E-state index contributed by atoms with van der Waals surface area (Å²) in [4.78, 5) is 9.74. The molecule has 0 aliphatic rings. The molecule has 0 unspecified atom stereocenters. The Morgan fingerprint density at radius 2 is 1.95 bits per heavy atom. The van der Waals surface area contributed by atoms with Gasteiger partial charge in [0, 0.05) is 24.2 Å². The number of nitro groups is 1. The summed E-state index contributed by atoms with van der Waals surface area (Å²) in [7, 11) is 0. The number of rotatable bonds is 8. The average Bonchev–Trinajstić information content (AvgIpc) is 2.34. The topological polar surface area (TPSA) is 55.2 Å². The SMILES string of the molecule is CC(C)CCCCNCc1cc([N+](=O)[O-])c(F)cc1F. The van der Waals surface area contributed by atoms with E-state index >= 15 is 0 Å². The van der Waals surface area contributed by atoms with Crippen molar-refractivity contribution in [3.63, 3.8) is 0 Å². The fourth-order valence-electron chi connectivity index (χ4n) is 1.88. The summed E-state index contributed by atoms with van der Waals surface area (Å²) in [6.45, 7) is 5.17. The van der Waals surface area contributed by atoms with Crippen LogP contribution in [-0.4, -0.2) is 11.5 Å². The van der Waals surface area contributed by atoms with Crippen LogP contribution in [0, 0.1) is 27.7 Å². The molecule has 0 aliphatic carbocycles. The van der Waals surface area contributed by atoms with Crippen LogP contribution in [0.4, 0.5) is 14.5 Å². The first kappa shape index (κ1) is 16.5. The first-order chi connectivity index (χ1) is 9.41. The highest BCUT2D eigenvalue weighted by atomic mass is 19.1. The number of nitro benzene ring substituents is 1. The lowest BCUT2D eigenvalue weighted by atomic mass is 10.1. The molecule has 6 heteroatoms. The molecule has 1 aromatic rings. The molecular weight excluding hydrogens is 266 g/mol. The van der Waals surface area contributed by atoms with Gasteiger partial charge >= 0.3 is 5.69 Å². The molecule has 4 nitrogen and oxygen atoms in total. The zero-order chi connectivity index (χ0) is 15.1. The minimum Gasteiger partial charge on any atom is -0.313 e. The molecule has 0 heterocycles. The number of benzene rings is 1. The molecule has 1 N–H and O–H groups in total. The Morgan fingerprint density at radius 3 is 2.55 bits per heavy atom. The number of nitrogens with one attached hydrogen (secondary N) is 1. The van der Waals surface area contributed by atoms with Crippen molar-refractivity contribution in [3.05, 3.63) is 39.4 Å². The number of halogens is 2. The lowest BCUT2D eigenvalue weighted by molar-refractivity contribution is -0.387. The Hall–Kier alpha value is -1.56. The predicted molar refractivity (Wildman–Crippen MR) is 73.4 cm³/mol. The normalized spacial score (nSPS) is 11.1. The average molecular weight is 286 g/mol. The Kier molecular flexibility index (Phi) is 6.51. The lowest BCUT2D eigenvalue weighted by Gasteiger charge is -2.07. The largest absolute Gasteiger partial charge is 0.313 e. The monoisotopic (exact) mass is 286 g/mol. The van der Waals surface area contributed by atoms with Crippen LogP contribution in [0.15, 0.2) is 12.1 Å². The molecular formula is C14H20F2N2O2. The number of hydrogen-bond acceptors (Lipinski definition) is 3. The second-order valence-electron chi connectivity index (χ2n) is 5.22. The highest BCUT2D eigenvalue weighted by Crippen LogP contribution is 2.21. The van der Waals surface area contributed by atoms with Crippen molar-refractivity contribution in [2.45, 2.75) is 39.7 Å². The molecule has 0 aromatic heterocycles. The summed E-state index contributed by atoms with van der Waals surface area (Å²) in [5, 5.41) is 13.6. The van der Waals surface area contributed by atoms with Gasteiger partial charge in [0.2, 0.25) is 5.82 Å². The first-order valence-corrected chi connectivity index (χ1v) is 6.75. The van der Waals surface area contributed by atoms with Gasteiger partial charge in [-0.25, -0.2) is 4.39 Å². The van der Waals surface area contributed by atoms with Gasteiger partial charge < -0.3 is 5.32 Å². The van der Waals surface area contributed by atoms with Crippen LogP contribution in [0.5, 0.6) is 0 Å². The zero-order valence-corrected chi connectivity index (χ0v) is 11.8. The molecule has 20 heavy (non-hydrogen) atoms. The van der Waals surface area contributed by atoms with Crippen LogP contribution >= 0.6 is 0 Å². The molecule has 0 saturated carbocycles. The van der Waals surface area contributed by atoms with E-state index in [2.05, 4.69) is 19.2 Å². The molecule has 112 valence electrons. The number of unbranched alkanes of at least 4 members (excludes halogenated alkanes) is 1. The van der Waals surface area contributed by atoms with Crippen molar-refractivity contribution in [2.75, 3.05) is 6.54 Å². The van der Waals surface area contributed by atoms with Crippen LogP contribution in [0.3, 0.4) is 0 Å². The lowest BCUT2D eigenvalue weighted by Crippen LogP contribution is -2.16. The molecule has 0 fully saturated rings. The minimum atomic E-state index is -1.15. The van der Waals surface area contributed by atoms with Gasteiger partial charge in [-0.3, -0.25) is 10.1 Å². The van der Waals surface area contributed by atoms with E-state index < -0.39 is 22.2 Å². The van der Waals surface area contributed by atoms with Crippen molar-refractivity contribution >= 4 is 5.69 Å². The van der Waals surface area contributed by atoms with E-state index in [1.165, 1.54) is 0 Å². The van der Waals surface area contributed by atoms with E-state index in [-0.39, 0.29) is 12.1 Å². The smallest absolute Gasteiger partial charge is 0.305 e. The Labute approximate surface area is 117 Å². The molecule has 1 aromatic carbocycles. The van der Waals surface area contributed by atoms with E-state index in [4.69, 9.17) is 0 Å². The molecule has 0 atom stereocenters. The van der Waals surface area contributed by atoms with Crippen LogP contribution in [0.1, 0.15) is 38.7 Å². The third-order valence-electron chi connectivity index (χ3n) is 3.01. The minimum absolute atomic E-state index is 0.113. The van der Waals surface area contributed by atoms with E-state index in [1.807, 2.05) is 0 Å². The van der Waals surface area contributed by atoms with Gasteiger partial charge in [0.15, 0.2) is 0 Å². The molecule has 0 amide bonds. The molecule has 0 saturated heterocycles. The number of hydrogen-bond donors (Lipinski definition) is 1. The maximum atomic E-state index is 13.5. The summed E-state index contributed by atoms with van der Waals surface area (Å²) >= 11 is 0. The molecule has 0 aliphatic heterocycles. The summed E-state index contributed by atoms with van der Waals surface area (Å²) in [5.41, 5.74) is -0.579. The number of nitrogens with zero attached hydrogens (tertiary/aromatic N) is 1. The molecule has 1 rings (SSSR count). The van der Waals surface area contributed by atoms with Gasteiger partial charge in [0.1, 0.15) is 5.82 Å². The maximum absolute atomic E-state index is 13.5. The standard InChI is InChI=1S/C14H20F2N2O2/c1-10(2)5-3-4-6-17-9-11-7-14(18(19)20)13(16)8-12(11)15/h7-8,10,17H,3-6,9H2,1-2H3. The first-order valence-electron chi connectivity index (χ1n) is 6.75. The zero-order valence-electron chi connectivity index (χ0n) is 11.8. The fourth-order valence-corrected chi connectivity index (χ4v) is 1.88. The highest BCUT2D eigenvalue weighted by Gasteiger charge is 2.18. The van der Waals surface area contributed by atoms with Gasteiger partial charge in [-0.15, -0.1) is 0 Å². The Bertz CT molecular complexity index is 465. The van der Waals surface area contributed by atoms with Crippen molar-refractivity contribution in [2.24, 2.45) is 5.92 Å². The van der Waals surface area contributed by atoms with E-state index in [0.29, 0.717) is 18.5 Å². The molecule has 0 radical (unpaired) electrons. The predicted octanol–water partition coefficient (Wildman–Crippen LogP) is 3.79. The van der Waals surface area contributed by atoms with Crippen LogP contribution < -0.4 is 5.32 Å². The summed E-state index contributed by atoms with van der Waals surface area (Å²) in [5.74, 6) is -1.25. The maximum Gasteiger partial charge on any atom is 0.305 e. The van der Waals surface area contributed by atoms with E-state index in [9.17, 15) is 18.9 Å². The second-order valence-corrected chi connectivity index (χ2v) is 5.22. The molecule has 0 bridgehead atoms.